The van der Waals surface area contributed by atoms with Crippen LogP contribution in [-0.2, 0) is 19.7 Å². The molecule has 2 aromatic carbocycles. The first kappa shape index (κ1) is 21.7. The topological polar surface area (TPSA) is 114 Å². The Morgan fingerprint density at radius 3 is 2.43 bits per heavy atom. The van der Waals surface area contributed by atoms with Gasteiger partial charge in [-0.3, -0.25) is 9.59 Å². The zero-order valence-corrected chi connectivity index (χ0v) is 18.0. The van der Waals surface area contributed by atoms with Crippen LogP contribution in [0, 0.1) is 0 Å². The van der Waals surface area contributed by atoms with E-state index in [1.165, 1.54) is 39.2 Å². The summed E-state index contributed by atoms with van der Waals surface area (Å²) in [6.07, 6.45) is 0. The molecule has 1 aliphatic heterocycles. The molecule has 2 amide bonds. The molecule has 0 aliphatic carbocycles. The summed E-state index contributed by atoms with van der Waals surface area (Å²) >= 11 is 1.08. The molecule has 1 atom stereocenters. The molecular formula is C19H19N3O6S2. The van der Waals surface area contributed by atoms with Crippen molar-refractivity contribution in [3.63, 3.8) is 0 Å². The number of amides is 2. The lowest BCUT2D eigenvalue weighted by Crippen LogP contribution is -2.25. The second-order valence-corrected chi connectivity index (χ2v) is 8.79. The quantitative estimate of drug-likeness (QED) is 0.698. The Hall–Kier alpha value is -3.05. The van der Waals surface area contributed by atoms with Crippen LogP contribution in [0.5, 0.6) is 11.5 Å². The number of benzene rings is 2. The highest BCUT2D eigenvalue weighted by atomic mass is 32.2. The second-order valence-electron chi connectivity index (χ2n) is 6.17. The summed E-state index contributed by atoms with van der Waals surface area (Å²) in [6.45, 7) is 2.64. The molecule has 0 bridgehead atoms. The minimum atomic E-state index is -4.12. The first-order valence-electron chi connectivity index (χ1n) is 8.71. The first-order chi connectivity index (χ1) is 14.2. The van der Waals surface area contributed by atoms with E-state index in [0.29, 0.717) is 11.3 Å². The lowest BCUT2D eigenvalue weighted by Gasteiger charge is -2.22. The van der Waals surface area contributed by atoms with Gasteiger partial charge in [0, 0.05) is 19.4 Å². The fourth-order valence-corrected chi connectivity index (χ4v) is 4.77. The molecule has 0 saturated heterocycles. The van der Waals surface area contributed by atoms with Gasteiger partial charge in [-0.25, -0.2) is 5.01 Å². The number of thioether (sulfide) groups is 1. The first-order valence-corrected chi connectivity index (χ1v) is 11.0. The minimum absolute atomic E-state index is 0.00977. The van der Waals surface area contributed by atoms with E-state index in [1.54, 1.807) is 30.3 Å². The van der Waals surface area contributed by atoms with Crippen LogP contribution < -0.4 is 14.2 Å². The Kier molecular flexibility index (Phi) is 6.32. The molecule has 158 valence electrons. The molecule has 0 aromatic heterocycles. The predicted molar refractivity (Wildman–Crippen MR) is 111 cm³/mol. The monoisotopic (exact) mass is 449 g/mol. The number of amidine groups is 1. The number of rotatable bonds is 5. The van der Waals surface area contributed by atoms with Crippen LogP contribution in [0.1, 0.15) is 24.8 Å². The van der Waals surface area contributed by atoms with E-state index in [1.807, 2.05) is 0 Å². The van der Waals surface area contributed by atoms with Gasteiger partial charge in [0.15, 0.2) is 5.17 Å². The third kappa shape index (κ3) is 4.74. The summed E-state index contributed by atoms with van der Waals surface area (Å²) in [7, 11) is -2.65. The van der Waals surface area contributed by atoms with Crippen LogP contribution in [0.3, 0.4) is 0 Å². The Morgan fingerprint density at radius 1 is 1.13 bits per heavy atom. The molecule has 0 radical (unpaired) electrons. The van der Waals surface area contributed by atoms with Gasteiger partial charge in [-0.1, -0.05) is 30.0 Å². The second kappa shape index (κ2) is 8.76. The number of hydrogen-bond donors (Lipinski definition) is 1. The van der Waals surface area contributed by atoms with Gasteiger partial charge in [0.1, 0.15) is 21.8 Å². The number of hydrogen-bond acceptors (Lipinski definition) is 8. The normalized spacial score (nSPS) is 16.0. The SMILES string of the molecule is COc1ccc(OS(=O)(=O)c2ccccc2)c(C2SC(NC(C)=O)=NN2C(C)=O)c1. The van der Waals surface area contributed by atoms with Crippen LogP contribution in [0.4, 0.5) is 0 Å². The molecule has 1 N–H and O–H groups in total. The van der Waals surface area contributed by atoms with Gasteiger partial charge in [-0.2, -0.15) is 8.42 Å². The van der Waals surface area contributed by atoms with Gasteiger partial charge in [0.25, 0.3) is 0 Å². The molecule has 0 spiro atoms. The Morgan fingerprint density at radius 2 is 1.83 bits per heavy atom. The molecule has 0 fully saturated rings. The van der Waals surface area contributed by atoms with E-state index in [2.05, 4.69) is 10.4 Å². The van der Waals surface area contributed by atoms with Crippen molar-refractivity contribution in [3.8, 4) is 11.5 Å². The average molecular weight is 450 g/mol. The van der Waals surface area contributed by atoms with Crippen molar-refractivity contribution in [1.29, 1.82) is 0 Å². The molecule has 11 heteroatoms. The van der Waals surface area contributed by atoms with E-state index in [4.69, 9.17) is 8.92 Å². The Labute approximate surface area is 178 Å². The fourth-order valence-electron chi connectivity index (χ4n) is 2.64. The van der Waals surface area contributed by atoms with Crippen molar-refractivity contribution in [3.05, 3.63) is 54.1 Å². The number of carbonyl (C=O) groups excluding carboxylic acids is 2. The largest absolute Gasteiger partial charge is 0.497 e. The third-order valence-corrected chi connectivity index (χ3v) is 6.30. The lowest BCUT2D eigenvalue weighted by molar-refractivity contribution is -0.129. The number of methoxy groups -OCH3 is 1. The summed E-state index contributed by atoms with van der Waals surface area (Å²) < 4.78 is 36.1. The van der Waals surface area contributed by atoms with Crippen LogP contribution in [0.2, 0.25) is 0 Å². The van der Waals surface area contributed by atoms with Crippen molar-refractivity contribution < 1.29 is 26.9 Å². The Balaban J connectivity index is 2.02. The maximum Gasteiger partial charge on any atom is 0.339 e. The van der Waals surface area contributed by atoms with Crippen molar-refractivity contribution in [2.45, 2.75) is 24.1 Å². The number of nitrogens with one attached hydrogen (secondary N) is 1. The minimum Gasteiger partial charge on any atom is -0.497 e. The predicted octanol–water partition coefficient (Wildman–Crippen LogP) is 2.46. The van der Waals surface area contributed by atoms with E-state index in [9.17, 15) is 18.0 Å². The van der Waals surface area contributed by atoms with Gasteiger partial charge in [0.05, 0.1) is 7.11 Å². The number of hydrazone groups is 1. The standard InChI is InChI=1S/C19H19N3O6S2/c1-12(23)20-19-21-22(13(2)24)18(29-19)16-11-14(27-3)9-10-17(16)28-30(25,26)15-7-5-4-6-8-15/h4-11,18H,1-3H3,(H,20,21,23). The number of nitrogens with zero attached hydrogens (tertiary/aromatic N) is 2. The fraction of sp³-hybridized carbons (Fsp3) is 0.211. The highest BCUT2D eigenvalue weighted by Crippen LogP contribution is 2.44. The van der Waals surface area contributed by atoms with Gasteiger partial charge >= 0.3 is 10.1 Å². The maximum absolute atomic E-state index is 12.7. The molecule has 1 aliphatic rings. The maximum atomic E-state index is 12.7. The molecule has 2 aromatic rings. The summed E-state index contributed by atoms with van der Waals surface area (Å²) in [5.74, 6) is -0.291. The number of ether oxygens (including phenoxy) is 1. The van der Waals surface area contributed by atoms with E-state index in [0.717, 1.165) is 16.8 Å². The zero-order valence-electron chi connectivity index (χ0n) is 16.4. The molecule has 9 nitrogen and oxygen atoms in total. The van der Waals surface area contributed by atoms with Crippen molar-refractivity contribution >= 4 is 38.9 Å². The Bertz CT molecular complexity index is 1100. The van der Waals surface area contributed by atoms with E-state index in [-0.39, 0.29) is 21.7 Å². The van der Waals surface area contributed by atoms with Crippen molar-refractivity contribution in [2.24, 2.45) is 5.10 Å². The van der Waals surface area contributed by atoms with Crippen LogP contribution in [0.25, 0.3) is 0 Å². The average Bonchev–Trinajstić information content (AvgIpc) is 3.12. The highest BCUT2D eigenvalue weighted by molar-refractivity contribution is 8.14. The summed E-state index contributed by atoms with van der Waals surface area (Å²) in [6, 6.07) is 12.3. The van der Waals surface area contributed by atoms with Crippen molar-refractivity contribution in [2.75, 3.05) is 7.11 Å². The summed E-state index contributed by atoms with van der Waals surface area (Å²) in [4.78, 5) is 23.5. The van der Waals surface area contributed by atoms with Crippen molar-refractivity contribution in [1.82, 2.24) is 10.3 Å². The van der Waals surface area contributed by atoms with Gasteiger partial charge in [0.2, 0.25) is 11.8 Å². The molecule has 1 heterocycles. The van der Waals surface area contributed by atoms with Crippen LogP contribution in [0.15, 0.2) is 58.5 Å². The van der Waals surface area contributed by atoms with Gasteiger partial charge < -0.3 is 14.2 Å². The molecule has 3 rings (SSSR count). The van der Waals surface area contributed by atoms with E-state index < -0.39 is 21.4 Å². The van der Waals surface area contributed by atoms with Gasteiger partial charge in [-0.15, -0.1) is 5.10 Å². The van der Waals surface area contributed by atoms with Crippen LogP contribution in [-0.4, -0.2) is 37.5 Å². The summed E-state index contributed by atoms with van der Waals surface area (Å²) in [5.41, 5.74) is 0.346. The zero-order chi connectivity index (χ0) is 21.9. The molecule has 0 saturated carbocycles. The third-order valence-electron chi connectivity index (χ3n) is 3.96. The number of carbonyl (C=O) groups is 2. The lowest BCUT2D eigenvalue weighted by atomic mass is 10.2. The van der Waals surface area contributed by atoms with E-state index >= 15 is 0 Å². The van der Waals surface area contributed by atoms with Gasteiger partial charge in [-0.05, 0) is 30.3 Å². The molecule has 1 unspecified atom stereocenters. The van der Waals surface area contributed by atoms with Crippen LogP contribution >= 0.6 is 11.8 Å². The highest BCUT2D eigenvalue weighted by Gasteiger charge is 2.35. The summed E-state index contributed by atoms with van der Waals surface area (Å²) in [5, 5.41) is 7.25. The smallest absolute Gasteiger partial charge is 0.339 e. The molecule has 30 heavy (non-hydrogen) atoms. The molecular weight excluding hydrogens is 430 g/mol.